The summed E-state index contributed by atoms with van der Waals surface area (Å²) in [5.41, 5.74) is 1.16. The normalized spacial score (nSPS) is 12.8. The molecule has 0 aliphatic carbocycles. The van der Waals surface area contributed by atoms with Crippen molar-refractivity contribution in [1.82, 2.24) is 5.32 Å². The number of benzene rings is 1. The molecule has 0 aliphatic rings. The molecule has 0 bridgehead atoms. The van der Waals surface area contributed by atoms with E-state index < -0.39 is 0 Å². The Morgan fingerprint density at radius 3 is 2.77 bits per heavy atom. The third-order valence-electron chi connectivity index (χ3n) is 1.92. The zero-order valence-electron chi connectivity index (χ0n) is 7.56. The van der Waals surface area contributed by atoms with Crippen LogP contribution in [0.15, 0.2) is 28.7 Å². The molecule has 0 heterocycles. The molecule has 1 rings (SSSR count). The topological polar surface area (TPSA) is 12.0 Å². The molecule has 0 spiro atoms. The van der Waals surface area contributed by atoms with Crippen LogP contribution in [0.4, 0.5) is 4.39 Å². The molecule has 0 unspecified atom stereocenters. The summed E-state index contributed by atoms with van der Waals surface area (Å²) in [4.78, 5) is 0. The molecule has 0 aliphatic heterocycles. The highest BCUT2D eigenvalue weighted by atomic mass is 79.9. The molecule has 1 aromatic rings. The molecular weight excluding hydrogens is 233 g/mol. The molecule has 1 aromatic carbocycles. The summed E-state index contributed by atoms with van der Waals surface area (Å²) in [6, 6.07) is 8.15. The minimum atomic E-state index is -0.325. The van der Waals surface area contributed by atoms with Crippen molar-refractivity contribution in [1.29, 1.82) is 0 Å². The molecule has 0 saturated carbocycles. The van der Waals surface area contributed by atoms with Crippen LogP contribution in [0, 0.1) is 0 Å². The van der Waals surface area contributed by atoms with Gasteiger partial charge in [-0.3, -0.25) is 0 Å². The maximum absolute atomic E-state index is 11.9. The summed E-state index contributed by atoms with van der Waals surface area (Å²) in [5, 5.41) is 3.08. The highest BCUT2D eigenvalue weighted by molar-refractivity contribution is 9.10. The van der Waals surface area contributed by atoms with E-state index in [0.29, 0.717) is 6.54 Å². The van der Waals surface area contributed by atoms with Crippen molar-refractivity contribution >= 4 is 15.9 Å². The van der Waals surface area contributed by atoms with E-state index in [-0.39, 0.29) is 12.7 Å². The van der Waals surface area contributed by atoms with Crippen LogP contribution in [-0.2, 0) is 0 Å². The Hall–Kier alpha value is -0.410. The number of rotatable bonds is 4. The van der Waals surface area contributed by atoms with Crippen molar-refractivity contribution < 1.29 is 4.39 Å². The Balaban J connectivity index is 2.65. The third kappa shape index (κ3) is 3.08. The van der Waals surface area contributed by atoms with Gasteiger partial charge in [0.25, 0.3) is 0 Å². The predicted molar refractivity (Wildman–Crippen MR) is 56.5 cm³/mol. The highest BCUT2D eigenvalue weighted by Gasteiger charge is 2.06. The summed E-state index contributed by atoms with van der Waals surface area (Å²) in [6.45, 7) is 2.10. The monoisotopic (exact) mass is 245 g/mol. The van der Waals surface area contributed by atoms with Crippen molar-refractivity contribution in [2.24, 2.45) is 0 Å². The Bertz CT molecular complexity index is 265. The molecule has 0 aromatic heterocycles. The Morgan fingerprint density at radius 1 is 1.46 bits per heavy atom. The smallest absolute Gasteiger partial charge is 0.102 e. The summed E-state index contributed by atoms with van der Waals surface area (Å²) >= 11 is 3.46. The molecule has 1 nitrogen and oxygen atoms in total. The predicted octanol–water partition coefficient (Wildman–Crippen LogP) is 3.07. The summed E-state index contributed by atoms with van der Waals surface area (Å²) < 4.78 is 13.0. The van der Waals surface area contributed by atoms with Crippen molar-refractivity contribution in [3.63, 3.8) is 0 Å². The molecule has 3 heteroatoms. The second-order valence-electron chi connectivity index (χ2n) is 2.89. The number of alkyl halides is 1. The van der Waals surface area contributed by atoms with E-state index in [1.807, 2.05) is 31.2 Å². The van der Waals surface area contributed by atoms with Crippen molar-refractivity contribution in [2.45, 2.75) is 13.0 Å². The van der Waals surface area contributed by atoms with E-state index in [0.717, 1.165) is 10.0 Å². The SMILES string of the molecule is C[C@H](NCCF)c1ccccc1Br. The van der Waals surface area contributed by atoms with Gasteiger partial charge < -0.3 is 5.32 Å². The lowest BCUT2D eigenvalue weighted by Crippen LogP contribution is -2.21. The lowest BCUT2D eigenvalue weighted by Gasteiger charge is -2.14. The number of nitrogens with one attached hydrogen (secondary N) is 1. The standard InChI is InChI=1S/C10H13BrFN/c1-8(13-7-6-12)9-4-2-3-5-10(9)11/h2-5,8,13H,6-7H2,1H3/t8-/m0/s1. The van der Waals surface area contributed by atoms with Gasteiger partial charge in [0, 0.05) is 17.1 Å². The van der Waals surface area contributed by atoms with Gasteiger partial charge in [-0.15, -0.1) is 0 Å². The summed E-state index contributed by atoms with van der Waals surface area (Å²) in [5.74, 6) is 0. The van der Waals surface area contributed by atoms with Gasteiger partial charge in [-0.1, -0.05) is 34.1 Å². The second-order valence-corrected chi connectivity index (χ2v) is 3.74. The minimum Gasteiger partial charge on any atom is -0.308 e. The lowest BCUT2D eigenvalue weighted by atomic mass is 10.1. The van der Waals surface area contributed by atoms with Crippen molar-refractivity contribution in [2.75, 3.05) is 13.2 Å². The third-order valence-corrected chi connectivity index (χ3v) is 2.64. The van der Waals surface area contributed by atoms with E-state index in [1.54, 1.807) is 0 Å². The molecule has 72 valence electrons. The maximum atomic E-state index is 11.9. The number of halogens is 2. The van der Waals surface area contributed by atoms with Gasteiger partial charge in [0.1, 0.15) is 6.67 Å². The first-order valence-corrected chi connectivity index (χ1v) is 5.08. The minimum absolute atomic E-state index is 0.186. The van der Waals surface area contributed by atoms with Crippen molar-refractivity contribution in [3.8, 4) is 0 Å². The largest absolute Gasteiger partial charge is 0.308 e. The Labute approximate surface area is 86.5 Å². The Kier molecular flexibility index (Phi) is 4.39. The van der Waals surface area contributed by atoms with Crippen LogP contribution in [0.3, 0.4) is 0 Å². The first-order chi connectivity index (χ1) is 6.25. The molecule has 13 heavy (non-hydrogen) atoms. The van der Waals surface area contributed by atoms with E-state index in [2.05, 4.69) is 21.2 Å². The lowest BCUT2D eigenvalue weighted by molar-refractivity contribution is 0.444. The van der Waals surface area contributed by atoms with Crippen LogP contribution >= 0.6 is 15.9 Å². The first-order valence-electron chi connectivity index (χ1n) is 4.29. The van der Waals surface area contributed by atoms with Crippen LogP contribution in [0.1, 0.15) is 18.5 Å². The van der Waals surface area contributed by atoms with Crippen LogP contribution in [0.25, 0.3) is 0 Å². The van der Waals surface area contributed by atoms with Crippen LogP contribution < -0.4 is 5.32 Å². The molecule has 1 atom stereocenters. The van der Waals surface area contributed by atoms with Crippen molar-refractivity contribution in [3.05, 3.63) is 34.3 Å². The molecule has 0 saturated heterocycles. The van der Waals surface area contributed by atoms with E-state index in [4.69, 9.17) is 0 Å². The van der Waals surface area contributed by atoms with Gasteiger partial charge in [0.2, 0.25) is 0 Å². The quantitative estimate of drug-likeness (QED) is 0.860. The second kappa shape index (κ2) is 5.35. The van der Waals surface area contributed by atoms with Crippen LogP contribution in [-0.4, -0.2) is 13.2 Å². The van der Waals surface area contributed by atoms with Gasteiger partial charge in [0.05, 0.1) is 0 Å². The molecule has 0 amide bonds. The summed E-state index contributed by atoms with van der Waals surface area (Å²) in [6.07, 6.45) is 0. The molecular formula is C10H13BrFN. The number of hydrogen-bond acceptors (Lipinski definition) is 1. The zero-order chi connectivity index (χ0) is 9.68. The average molecular weight is 246 g/mol. The zero-order valence-corrected chi connectivity index (χ0v) is 9.14. The van der Waals surface area contributed by atoms with E-state index in [1.165, 1.54) is 0 Å². The van der Waals surface area contributed by atoms with Gasteiger partial charge in [-0.05, 0) is 18.6 Å². The summed E-state index contributed by atoms with van der Waals surface area (Å²) in [7, 11) is 0. The van der Waals surface area contributed by atoms with Crippen LogP contribution in [0.2, 0.25) is 0 Å². The highest BCUT2D eigenvalue weighted by Crippen LogP contribution is 2.22. The Morgan fingerprint density at radius 2 is 2.15 bits per heavy atom. The first kappa shape index (κ1) is 10.7. The van der Waals surface area contributed by atoms with Gasteiger partial charge in [-0.2, -0.15) is 0 Å². The van der Waals surface area contributed by atoms with E-state index >= 15 is 0 Å². The van der Waals surface area contributed by atoms with E-state index in [9.17, 15) is 4.39 Å². The number of hydrogen-bond donors (Lipinski definition) is 1. The molecule has 0 fully saturated rings. The maximum Gasteiger partial charge on any atom is 0.102 e. The fourth-order valence-corrected chi connectivity index (χ4v) is 1.84. The fraction of sp³-hybridized carbons (Fsp3) is 0.400. The average Bonchev–Trinajstić information content (AvgIpc) is 2.15. The van der Waals surface area contributed by atoms with Gasteiger partial charge >= 0.3 is 0 Å². The van der Waals surface area contributed by atoms with Gasteiger partial charge in [-0.25, -0.2) is 4.39 Å². The molecule has 0 radical (unpaired) electrons. The molecule has 1 N–H and O–H groups in total. The van der Waals surface area contributed by atoms with Gasteiger partial charge in [0.15, 0.2) is 0 Å². The fourth-order valence-electron chi connectivity index (χ4n) is 1.21. The van der Waals surface area contributed by atoms with Crippen LogP contribution in [0.5, 0.6) is 0 Å².